The van der Waals surface area contributed by atoms with E-state index in [4.69, 9.17) is 10.00 Å². The summed E-state index contributed by atoms with van der Waals surface area (Å²) in [7, 11) is -4.22. The maximum atomic E-state index is 10.5. The molecular weight excluding hydrogens is 169 g/mol. The molecule has 1 unspecified atom stereocenters. The van der Waals surface area contributed by atoms with Crippen LogP contribution in [0.2, 0.25) is 0 Å². The molecule has 0 radical (unpaired) electrons. The van der Waals surface area contributed by atoms with Gasteiger partial charge in [-0.1, -0.05) is 6.92 Å². The third-order valence-corrected chi connectivity index (χ3v) is 2.82. The van der Waals surface area contributed by atoms with Crippen LogP contribution in [0.15, 0.2) is 0 Å². The van der Waals surface area contributed by atoms with Crippen molar-refractivity contribution in [2.75, 3.05) is 13.2 Å². The predicted molar refractivity (Wildman–Crippen MR) is 37.8 cm³/mol. The highest BCUT2D eigenvalue weighted by Crippen LogP contribution is 2.33. The molecule has 68 valence electrons. The van der Waals surface area contributed by atoms with Crippen molar-refractivity contribution in [2.24, 2.45) is 0 Å². The van der Waals surface area contributed by atoms with Gasteiger partial charge in [0.1, 0.15) is 5.78 Å². The average molecular weight is 183 g/mol. The maximum Gasteiger partial charge on any atom is 0.190 e. The molecule has 0 aromatic heterocycles. The Morgan fingerprint density at radius 2 is 2.27 bits per heavy atom. The Morgan fingerprint density at radius 1 is 1.73 bits per heavy atom. The van der Waals surface area contributed by atoms with Crippen molar-refractivity contribution in [3.05, 3.63) is 0 Å². The van der Waals surface area contributed by atoms with Gasteiger partial charge in [-0.2, -0.15) is 0 Å². The number of aliphatic hydroxyl groups is 1. The summed E-state index contributed by atoms with van der Waals surface area (Å²) < 4.78 is 10.5. The van der Waals surface area contributed by atoms with Crippen LogP contribution in [0, 0.1) is 0 Å². The molecule has 0 aromatic carbocycles. The average Bonchev–Trinajstić information content (AvgIpc) is 1.87. The number of hydrogen-bond acceptors (Lipinski definition) is 3. The minimum atomic E-state index is -4.22. The molecule has 0 rings (SSSR count). The number of hydrogen-bond donors (Lipinski definition) is 3. The van der Waals surface area contributed by atoms with Gasteiger partial charge in [0.25, 0.3) is 0 Å². The molecule has 0 aliphatic heterocycles. The number of nitrogens with two attached hydrogens (primary N) is 1. The molecule has 6 heteroatoms. The van der Waals surface area contributed by atoms with E-state index in [1.807, 2.05) is 0 Å². The fourth-order valence-corrected chi connectivity index (χ4v) is 1.67. The van der Waals surface area contributed by atoms with E-state index in [1.54, 1.807) is 6.92 Å². The van der Waals surface area contributed by atoms with Crippen LogP contribution >= 0.6 is 7.60 Å². The molecule has 4 N–H and O–H groups in total. The topological polar surface area (TPSA) is 97.2 Å². The second kappa shape index (κ2) is 4.85. The zero-order valence-corrected chi connectivity index (χ0v) is 7.33. The zero-order chi connectivity index (χ0) is 8.91. The number of quaternary nitrogens is 1. The van der Waals surface area contributed by atoms with Crippen molar-refractivity contribution in [3.8, 4) is 0 Å². The van der Waals surface area contributed by atoms with E-state index >= 15 is 0 Å². The summed E-state index contributed by atoms with van der Waals surface area (Å²) in [5, 5.41) is 9.78. The SMILES string of the molecule is CC[C@@H]([NH2+]CCO)P(=O)([O-])O. The summed E-state index contributed by atoms with van der Waals surface area (Å²) in [6, 6.07) is 0. The molecular formula is C5H14NO4P. The molecule has 0 spiro atoms. The van der Waals surface area contributed by atoms with E-state index in [0.717, 1.165) is 0 Å². The standard InChI is InChI=1S/C5H14NO4P/c1-2-5(6-3-4-7)11(8,9)10/h5-7H,2-4H2,1H3,(H2,8,9,10)/t5-/m0/s1. The normalized spacial score (nSPS) is 19.3. The number of aliphatic hydroxyl groups excluding tert-OH is 1. The fraction of sp³-hybridized carbons (Fsp3) is 1.00. The van der Waals surface area contributed by atoms with Gasteiger partial charge in [0.2, 0.25) is 0 Å². The fourth-order valence-electron chi connectivity index (χ4n) is 0.798. The van der Waals surface area contributed by atoms with Gasteiger partial charge in [-0.15, -0.1) is 0 Å². The smallest absolute Gasteiger partial charge is 0.190 e. The van der Waals surface area contributed by atoms with Crippen molar-refractivity contribution >= 4 is 7.60 Å². The van der Waals surface area contributed by atoms with Crippen molar-refractivity contribution in [2.45, 2.75) is 19.1 Å². The van der Waals surface area contributed by atoms with Gasteiger partial charge in [-0.3, -0.25) is 0 Å². The summed E-state index contributed by atoms with van der Waals surface area (Å²) in [6.45, 7) is 1.88. The molecule has 0 fully saturated rings. The molecule has 0 bridgehead atoms. The van der Waals surface area contributed by atoms with Crippen LogP contribution in [0.5, 0.6) is 0 Å². The summed E-state index contributed by atoms with van der Waals surface area (Å²) in [4.78, 5) is 19.1. The minimum Gasteiger partial charge on any atom is -0.774 e. The highest BCUT2D eigenvalue weighted by molar-refractivity contribution is 7.50. The molecule has 0 saturated carbocycles. The highest BCUT2D eigenvalue weighted by Gasteiger charge is 2.20. The first-order valence-electron chi connectivity index (χ1n) is 3.50. The molecule has 0 aliphatic carbocycles. The largest absolute Gasteiger partial charge is 0.774 e. The van der Waals surface area contributed by atoms with E-state index in [-0.39, 0.29) is 6.61 Å². The third kappa shape index (κ3) is 4.50. The molecule has 11 heavy (non-hydrogen) atoms. The summed E-state index contributed by atoms with van der Waals surface area (Å²) in [6.07, 6.45) is 0.345. The lowest BCUT2D eigenvalue weighted by Gasteiger charge is -2.23. The Hall–Kier alpha value is 0.0700. The maximum absolute atomic E-state index is 10.5. The molecule has 2 atom stereocenters. The minimum absolute atomic E-state index is 0.0868. The van der Waals surface area contributed by atoms with Crippen LogP contribution in [0.1, 0.15) is 13.3 Å². The Bertz CT molecular complexity index is 145. The summed E-state index contributed by atoms with van der Waals surface area (Å²) in [5.74, 6) is -0.811. The molecule has 0 aliphatic rings. The lowest BCUT2D eigenvalue weighted by molar-refractivity contribution is -0.675. The van der Waals surface area contributed by atoms with E-state index in [1.165, 1.54) is 5.32 Å². The second-order valence-corrected chi connectivity index (χ2v) is 4.08. The van der Waals surface area contributed by atoms with Crippen LogP contribution in [-0.4, -0.2) is 28.9 Å². The van der Waals surface area contributed by atoms with Gasteiger partial charge in [0.05, 0.1) is 13.2 Å². The Kier molecular flexibility index (Phi) is 4.88. The van der Waals surface area contributed by atoms with Crippen LogP contribution in [0.25, 0.3) is 0 Å². The van der Waals surface area contributed by atoms with Crippen LogP contribution in [0.4, 0.5) is 0 Å². The van der Waals surface area contributed by atoms with Crippen LogP contribution in [-0.2, 0) is 4.57 Å². The Balaban J connectivity index is 3.86. The monoisotopic (exact) mass is 183 g/mol. The molecule has 0 saturated heterocycles. The van der Waals surface area contributed by atoms with Crippen molar-refractivity contribution in [3.63, 3.8) is 0 Å². The number of rotatable bonds is 5. The van der Waals surface area contributed by atoms with Gasteiger partial charge >= 0.3 is 0 Å². The predicted octanol–water partition coefficient (Wildman–Crippen LogP) is -2.18. The molecule has 5 nitrogen and oxygen atoms in total. The van der Waals surface area contributed by atoms with Gasteiger partial charge in [0.15, 0.2) is 7.60 Å². The van der Waals surface area contributed by atoms with Gasteiger partial charge in [0, 0.05) is 6.42 Å². The lowest BCUT2D eigenvalue weighted by Crippen LogP contribution is -2.90. The van der Waals surface area contributed by atoms with Gasteiger partial charge in [-0.25, -0.2) is 0 Å². The van der Waals surface area contributed by atoms with E-state index < -0.39 is 13.4 Å². The summed E-state index contributed by atoms with van der Waals surface area (Å²) >= 11 is 0. The van der Waals surface area contributed by atoms with Gasteiger partial charge in [-0.05, 0) is 0 Å². The van der Waals surface area contributed by atoms with Gasteiger partial charge < -0.3 is 24.8 Å². The zero-order valence-electron chi connectivity index (χ0n) is 6.43. The molecule has 0 aromatic rings. The van der Waals surface area contributed by atoms with Crippen molar-refractivity contribution in [1.29, 1.82) is 0 Å². The Labute approximate surface area is 65.6 Å². The van der Waals surface area contributed by atoms with Crippen molar-refractivity contribution < 1.29 is 24.8 Å². The van der Waals surface area contributed by atoms with E-state index in [9.17, 15) is 9.46 Å². The first-order chi connectivity index (χ1) is 5.02. The first-order valence-corrected chi connectivity index (χ1v) is 5.14. The van der Waals surface area contributed by atoms with Crippen molar-refractivity contribution in [1.82, 2.24) is 0 Å². The molecule has 0 heterocycles. The molecule has 0 amide bonds. The summed E-state index contributed by atoms with van der Waals surface area (Å²) in [5.41, 5.74) is 0. The lowest BCUT2D eigenvalue weighted by atomic mass is 10.5. The van der Waals surface area contributed by atoms with Crippen LogP contribution < -0.4 is 10.2 Å². The van der Waals surface area contributed by atoms with E-state index in [2.05, 4.69) is 0 Å². The van der Waals surface area contributed by atoms with Crippen LogP contribution in [0.3, 0.4) is 0 Å². The van der Waals surface area contributed by atoms with E-state index in [0.29, 0.717) is 13.0 Å². The first kappa shape index (κ1) is 11.1. The second-order valence-electron chi connectivity index (χ2n) is 2.29. The third-order valence-electron chi connectivity index (χ3n) is 1.41. The Morgan fingerprint density at radius 3 is 2.55 bits per heavy atom. The quantitative estimate of drug-likeness (QED) is 0.422. The highest BCUT2D eigenvalue weighted by atomic mass is 31.2.